The predicted molar refractivity (Wildman–Crippen MR) is 102 cm³/mol. The number of rotatable bonds is 4. The molecule has 0 saturated carbocycles. The van der Waals surface area contributed by atoms with Crippen LogP contribution in [0.5, 0.6) is 0 Å². The maximum atomic E-state index is 12.6. The third-order valence-electron chi connectivity index (χ3n) is 3.88. The Kier molecular flexibility index (Phi) is 5.52. The molecule has 1 aromatic carbocycles. The fourth-order valence-electron chi connectivity index (χ4n) is 2.63. The normalized spacial score (nSPS) is 10.7. The number of carbonyl (C=O) groups excluding carboxylic acids is 2. The second-order valence-corrected chi connectivity index (χ2v) is 6.57. The van der Waals surface area contributed by atoms with Crippen LogP contribution in [0.4, 0.5) is 0 Å². The van der Waals surface area contributed by atoms with E-state index in [1.807, 2.05) is 26.0 Å². The molecule has 0 aliphatic heterocycles. The van der Waals surface area contributed by atoms with Crippen molar-refractivity contribution < 1.29 is 9.59 Å². The number of halogens is 1. The van der Waals surface area contributed by atoms with E-state index in [9.17, 15) is 9.59 Å². The van der Waals surface area contributed by atoms with Gasteiger partial charge in [-0.2, -0.15) is 5.10 Å². The number of benzene rings is 1. The summed E-state index contributed by atoms with van der Waals surface area (Å²) in [7, 11) is 0. The maximum absolute atomic E-state index is 12.6. The number of carbonyl (C=O) groups is 2. The van der Waals surface area contributed by atoms with Crippen molar-refractivity contribution in [2.75, 3.05) is 0 Å². The molecule has 0 radical (unpaired) electrons. The minimum absolute atomic E-state index is 0.0259. The van der Waals surface area contributed by atoms with Crippen molar-refractivity contribution in [1.29, 1.82) is 0 Å². The Hall–Kier alpha value is -3.19. The molecule has 2 amide bonds. The van der Waals surface area contributed by atoms with Crippen LogP contribution in [-0.4, -0.2) is 26.6 Å². The van der Waals surface area contributed by atoms with Crippen LogP contribution < -0.4 is 10.9 Å². The van der Waals surface area contributed by atoms with Crippen molar-refractivity contribution >= 4 is 23.4 Å². The standard InChI is InChI=1S/C19H18ClN5O2/c1-12(2)17-16(11-22-25(17)15-7-5-14(20)6-8-15)19(27)24-23-18(26)13-4-3-9-21-10-13/h3-12H,1-2H3,(H,23,26)(H,24,27). The summed E-state index contributed by atoms with van der Waals surface area (Å²) in [5.74, 6) is -0.873. The van der Waals surface area contributed by atoms with Gasteiger partial charge in [0.15, 0.2) is 0 Å². The predicted octanol–water partition coefficient (Wildman–Crippen LogP) is 3.12. The summed E-state index contributed by atoms with van der Waals surface area (Å²) in [5, 5.41) is 4.95. The van der Waals surface area contributed by atoms with Crippen LogP contribution in [0.3, 0.4) is 0 Å². The average molecular weight is 384 g/mol. The smallest absolute Gasteiger partial charge is 0.267 e. The number of aromatic nitrogens is 3. The van der Waals surface area contributed by atoms with Gasteiger partial charge in [0.05, 0.1) is 28.7 Å². The SMILES string of the molecule is CC(C)c1c(C(=O)NNC(=O)c2cccnc2)cnn1-c1ccc(Cl)cc1. The molecule has 0 aliphatic rings. The first kappa shape index (κ1) is 18.6. The van der Waals surface area contributed by atoms with Crippen molar-refractivity contribution in [3.8, 4) is 5.69 Å². The van der Waals surface area contributed by atoms with E-state index in [2.05, 4.69) is 20.9 Å². The van der Waals surface area contributed by atoms with Gasteiger partial charge in [-0.1, -0.05) is 25.4 Å². The Morgan fingerprint density at radius 1 is 1.04 bits per heavy atom. The molecule has 2 heterocycles. The van der Waals surface area contributed by atoms with Crippen LogP contribution in [0.15, 0.2) is 55.0 Å². The lowest BCUT2D eigenvalue weighted by Crippen LogP contribution is -2.42. The average Bonchev–Trinajstić information content (AvgIpc) is 3.12. The van der Waals surface area contributed by atoms with Gasteiger partial charge < -0.3 is 0 Å². The molecule has 27 heavy (non-hydrogen) atoms. The molecule has 2 N–H and O–H groups in total. The van der Waals surface area contributed by atoms with Crippen LogP contribution in [0, 0.1) is 0 Å². The van der Waals surface area contributed by atoms with E-state index in [4.69, 9.17) is 11.6 Å². The molecule has 7 nitrogen and oxygen atoms in total. The monoisotopic (exact) mass is 383 g/mol. The number of nitrogens with one attached hydrogen (secondary N) is 2. The van der Waals surface area contributed by atoms with Gasteiger partial charge >= 0.3 is 0 Å². The highest BCUT2D eigenvalue weighted by Gasteiger charge is 2.21. The zero-order chi connectivity index (χ0) is 19.4. The summed E-state index contributed by atoms with van der Waals surface area (Å²) in [5.41, 5.74) is 7.06. The lowest BCUT2D eigenvalue weighted by molar-refractivity contribution is 0.0845. The molecule has 0 spiro atoms. The molecule has 0 bridgehead atoms. The Bertz CT molecular complexity index is 952. The van der Waals surface area contributed by atoms with Crippen molar-refractivity contribution in [2.45, 2.75) is 19.8 Å². The first-order valence-electron chi connectivity index (χ1n) is 8.32. The number of hydrogen-bond acceptors (Lipinski definition) is 4. The van der Waals surface area contributed by atoms with E-state index in [0.29, 0.717) is 16.1 Å². The largest absolute Gasteiger partial charge is 0.273 e. The van der Waals surface area contributed by atoms with Crippen LogP contribution in [-0.2, 0) is 0 Å². The molecule has 8 heteroatoms. The van der Waals surface area contributed by atoms with Crippen molar-refractivity contribution in [2.24, 2.45) is 0 Å². The third kappa shape index (κ3) is 4.15. The first-order chi connectivity index (χ1) is 13.0. The van der Waals surface area contributed by atoms with Gasteiger partial charge in [0.1, 0.15) is 0 Å². The second-order valence-electron chi connectivity index (χ2n) is 6.14. The quantitative estimate of drug-likeness (QED) is 0.677. The molecule has 0 unspecified atom stereocenters. The van der Waals surface area contributed by atoms with Crippen LogP contribution in [0.2, 0.25) is 5.02 Å². The van der Waals surface area contributed by atoms with Crippen molar-refractivity contribution in [3.63, 3.8) is 0 Å². The van der Waals surface area contributed by atoms with E-state index in [1.54, 1.807) is 35.1 Å². The molecule has 0 atom stereocenters. The van der Waals surface area contributed by atoms with E-state index >= 15 is 0 Å². The van der Waals surface area contributed by atoms with Gasteiger partial charge in [0.25, 0.3) is 11.8 Å². The third-order valence-corrected chi connectivity index (χ3v) is 4.13. The number of nitrogens with zero attached hydrogens (tertiary/aromatic N) is 3. The summed E-state index contributed by atoms with van der Waals surface area (Å²) in [6.07, 6.45) is 4.46. The van der Waals surface area contributed by atoms with E-state index < -0.39 is 11.8 Å². The van der Waals surface area contributed by atoms with Crippen LogP contribution in [0.1, 0.15) is 46.2 Å². The highest BCUT2D eigenvalue weighted by Crippen LogP contribution is 2.23. The summed E-state index contributed by atoms with van der Waals surface area (Å²) in [4.78, 5) is 28.5. The highest BCUT2D eigenvalue weighted by atomic mass is 35.5. The minimum atomic E-state index is -0.451. The van der Waals surface area contributed by atoms with Gasteiger partial charge in [-0.15, -0.1) is 0 Å². The van der Waals surface area contributed by atoms with Crippen LogP contribution in [0.25, 0.3) is 5.69 Å². The number of hydrogen-bond donors (Lipinski definition) is 2. The molecule has 2 aromatic heterocycles. The fraction of sp³-hybridized carbons (Fsp3) is 0.158. The molecule has 3 aromatic rings. The molecule has 0 aliphatic carbocycles. The van der Waals surface area contributed by atoms with E-state index in [0.717, 1.165) is 11.4 Å². The molecule has 0 fully saturated rings. The lowest BCUT2D eigenvalue weighted by Gasteiger charge is -2.13. The molecule has 0 saturated heterocycles. The maximum Gasteiger partial charge on any atom is 0.273 e. The zero-order valence-corrected chi connectivity index (χ0v) is 15.6. The minimum Gasteiger partial charge on any atom is -0.267 e. The Morgan fingerprint density at radius 3 is 2.37 bits per heavy atom. The summed E-state index contributed by atoms with van der Waals surface area (Å²) < 4.78 is 1.69. The Labute approximate surface area is 161 Å². The van der Waals surface area contributed by atoms with Crippen molar-refractivity contribution in [1.82, 2.24) is 25.6 Å². The van der Waals surface area contributed by atoms with Crippen molar-refractivity contribution in [3.05, 3.63) is 76.8 Å². The van der Waals surface area contributed by atoms with Gasteiger partial charge in [-0.3, -0.25) is 25.4 Å². The van der Waals surface area contributed by atoms with Gasteiger partial charge in [0, 0.05) is 17.4 Å². The number of hydrazine groups is 1. The van der Waals surface area contributed by atoms with Gasteiger partial charge in [0.2, 0.25) is 0 Å². The molecular weight excluding hydrogens is 366 g/mol. The van der Waals surface area contributed by atoms with Crippen LogP contribution >= 0.6 is 11.6 Å². The van der Waals surface area contributed by atoms with Gasteiger partial charge in [-0.05, 0) is 42.3 Å². The summed E-state index contributed by atoms with van der Waals surface area (Å²) in [6.45, 7) is 3.93. The fourth-order valence-corrected chi connectivity index (χ4v) is 2.75. The highest BCUT2D eigenvalue weighted by molar-refractivity contribution is 6.30. The summed E-state index contributed by atoms with van der Waals surface area (Å²) >= 11 is 5.94. The van der Waals surface area contributed by atoms with E-state index in [1.165, 1.54) is 12.4 Å². The number of amides is 2. The zero-order valence-electron chi connectivity index (χ0n) is 14.8. The topological polar surface area (TPSA) is 88.9 Å². The summed E-state index contributed by atoms with van der Waals surface area (Å²) in [6, 6.07) is 10.4. The molecule has 3 rings (SSSR count). The number of pyridine rings is 1. The first-order valence-corrected chi connectivity index (χ1v) is 8.69. The molecular formula is C19H18ClN5O2. The van der Waals surface area contributed by atoms with E-state index in [-0.39, 0.29) is 5.92 Å². The Balaban J connectivity index is 1.80. The second kappa shape index (κ2) is 8.01. The lowest BCUT2D eigenvalue weighted by atomic mass is 10.1. The Morgan fingerprint density at radius 2 is 1.74 bits per heavy atom. The van der Waals surface area contributed by atoms with Gasteiger partial charge in [-0.25, -0.2) is 4.68 Å². The molecule has 138 valence electrons.